The molecule has 0 fully saturated rings. The normalized spacial score (nSPS) is 10.9. The Labute approximate surface area is 151 Å². The minimum Gasteiger partial charge on any atom is -0.483 e. The molecule has 0 radical (unpaired) electrons. The van der Waals surface area contributed by atoms with Crippen molar-refractivity contribution in [3.8, 4) is 5.75 Å². The summed E-state index contributed by atoms with van der Waals surface area (Å²) in [6, 6.07) is 9.73. The van der Waals surface area contributed by atoms with Gasteiger partial charge in [0.05, 0.1) is 0 Å². The molecule has 2 N–H and O–H groups in total. The molecule has 0 spiro atoms. The predicted molar refractivity (Wildman–Crippen MR) is 100 cm³/mol. The number of rotatable bonds is 6. The Morgan fingerprint density at radius 1 is 1.24 bits per heavy atom. The fourth-order valence-corrected chi connectivity index (χ4v) is 2.76. The number of nitrogens with one attached hydrogen (secondary N) is 2. The maximum absolute atomic E-state index is 11.8. The van der Waals surface area contributed by atoms with Crippen LogP contribution in [0.25, 0.3) is 6.08 Å². The van der Waals surface area contributed by atoms with Crippen molar-refractivity contribution in [1.82, 2.24) is 10.9 Å². The number of thiophene rings is 1. The van der Waals surface area contributed by atoms with Gasteiger partial charge in [-0.2, -0.15) is 0 Å². The molecule has 0 saturated heterocycles. The van der Waals surface area contributed by atoms with Crippen LogP contribution in [-0.2, 0) is 9.59 Å². The van der Waals surface area contributed by atoms with Crippen molar-refractivity contribution in [3.63, 3.8) is 0 Å². The summed E-state index contributed by atoms with van der Waals surface area (Å²) in [4.78, 5) is 24.5. The minimum atomic E-state index is -0.422. The van der Waals surface area contributed by atoms with Gasteiger partial charge in [0, 0.05) is 11.0 Å². The molecule has 25 heavy (non-hydrogen) atoms. The smallest absolute Gasteiger partial charge is 0.276 e. The van der Waals surface area contributed by atoms with Crippen LogP contribution in [0.4, 0.5) is 0 Å². The van der Waals surface area contributed by atoms with Gasteiger partial charge in [0.1, 0.15) is 5.75 Å². The summed E-state index contributed by atoms with van der Waals surface area (Å²) in [5, 5.41) is 1.92. The van der Waals surface area contributed by atoms with E-state index in [4.69, 9.17) is 4.74 Å². The van der Waals surface area contributed by atoms with Crippen molar-refractivity contribution in [3.05, 3.63) is 57.8 Å². The van der Waals surface area contributed by atoms with Crippen LogP contribution >= 0.6 is 11.3 Å². The van der Waals surface area contributed by atoms with E-state index in [2.05, 4.69) is 24.7 Å². The minimum absolute atomic E-state index is 0.169. The molecule has 5 nitrogen and oxygen atoms in total. The standard InChI is InChI=1S/C19H22N2O3S/c1-13(2)16-8-6-14(3)11-17(16)24-12-19(23)21-20-18(22)9-7-15-5-4-10-25-15/h4-11,13H,12H2,1-3H3,(H,20,22)(H,21,23). The number of benzene rings is 1. The van der Waals surface area contributed by atoms with Crippen molar-refractivity contribution >= 4 is 29.2 Å². The highest BCUT2D eigenvalue weighted by atomic mass is 32.1. The molecule has 2 aromatic rings. The first kappa shape index (κ1) is 18.7. The van der Waals surface area contributed by atoms with Gasteiger partial charge in [0.2, 0.25) is 0 Å². The molecule has 2 amide bonds. The van der Waals surface area contributed by atoms with E-state index in [1.165, 1.54) is 17.4 Å². The third-order valence-electron chi connectivity index (χ3n) is 3.42. The third-order valence-corrected chi connectivity index (χ3v) is 4.25. The Morgan fingerprint density at radius 3 is 2.72 bits per heavy atom. The van der Waals surface area contributed by atoms with Gasteiger partial charge < -0.3 is 4.74 Å². The lowest BCUT2D eigenvalue weighted by atomic mass is 10.0. The largest absolute Gasteiger partial charge is 0.483 e. The van der Waals surface area contributed by atoms with E-state index in [9.17, 15) is 9.59 Å². The Morgan fingerprint density at radius 2 is 2.04 bits per heavy atom. The van der Waals surface area contributed by atoms with Gasteiger partial charge >= 0.3 is 0 Å². The summed E-state index contributed by atoms with van der Waals surface area (Å²) in [5.74, 6) is 0.157. The molecule has 1 aromatic carbocycles. The number of carbonyl (C=O) groups excluding carboxylic acids is 2. The Balaban J connectivity index is 1.81. The maximum Gasteiger partial charge on any atom is 0.276 e. The van der Waals surface area contributed by atoms with Gasteiger partial charge in [0.25, 0.3) is 11.8 Å². The van der Waals surface area contributed by atoms with E-state index in [0.717, 1.165) is 16.0 Å². The second-order valence-electron chi connectivity index (χ2n) is 5.87. The van der Waals surface area contributed by atoms with Crippen LogP contribution in [0.1, 0.15) is 35.8 Å². The first-order chi connectivity index (χ1) is 12.0. The number of hydrogen-bond acceptors (Lipinski definition) is 4. The van der Waals surface area contributed by atoms with Crippen LogP contribution in [-0.4, -0.2) is 18.4 Å². The van der Waals surface area contributed by atoms with Crippen LogP contribution in [0.15, 0.2) is 41.8 Å². The molecule has 1 aromatic heterocycles. The van der Waals surface area contributed by atoms with Crippen molar-refractivity contribution < 1.29 is 14.3 Å². The topological polar surface area (TPSA) is 67.4 Å². The second-order valence-corrected chi connectivity index (χ2v) is 6.85. The molecule has 6 heteroatoms. The third kappa shape index (κ3) is 6.08. The Hall–Kier alpha value is -2.60. The first-order valence-corrected chi connectivity index (χ1v) is 8.87. The van der Waals surface area contributed by atoms with Gasteiger partial charge in [-0.15, -0.1) is 11.3 Å². The highest BCUT2D eigenvalue weighted by molar-refractivity contribution is 7.10. The van der Waals surface area contributed by atoms with E-state index in [0.29, 0.717) is 11.7 Å². The summed E-state index contributed by atoms with van der Waals surface area (Å²) in [6.45, 7) is 5.94. The summed E-state index contributed by atoms with van der Waals surface area (Å²) in [5.41, 5.74) is 6.77. The molecule has 2 rings (SSSR count). The zero-order valence-corrected chi connectivity index (χ0v) is 15.4. The van der Waals surface area contributed by atoms with Crippen molar-refractivity contribution in [2.45, 2.75) is 26.7 Å². The number of hydrazine groups is 1. The fourth-order valence-electron chi connectivity index (χ4n) is 2.14. The highest BCUT2D eigenvalue weighted by Crippen LogP contribution is 2.27. The molecule has 0 atom stereocenters. The van der Waals surface area contributed by atoms with E-state index < -0.39 is 11.8 Å². The van der Waals surface area contributed by atoms with Gasteiger partial charge in [-0.1, -0.05) is 32.0 Å². The molecule has 1 heterocycles. The average molecular weight is 358 g/mol. The summed E-state index contributed by atoms with van der Waals surface area (Å²) < 4.78 is 5.61. The molecular formula is C19H22N2O3S. The average Bonchev–Trinajstić information content (AvgIpc) is 3.09. The molecule has 0 unspecified atom stereocenters. The van der Waals surface area contributed by atoms with Gasteiger partial charge in [-0.25, -0.2) is 0 Å². The number of ether oxygens (including phenoxy) is 1. The predicted octanol–water partition coefficient (Wildman–Crippen LogP) is 3.42. The molecular weight excluding hydrogens is 336 g/mol. The fraction of sp³-hybridized carbons (Fsp3) is 0.263. The van der Waals surface area contributed by atoms with E-state index in [1.807, 2.05) is 42.6 Å². The highest BCUT2D eigenvalue weighted by Gasteiger charge is 2.10. The molecule has 132 valence electrons. The zero-order chi connectivity index (χ0) is 18.2. The summed E-state index contributed by atoms with van der Waals surface area (Å²) >= 11 is 1.53. The van der Waals surface area contributed by atoms with E-state index in [-0.39, 0.29) is 6.61 Å². The molecule has 0 aliphatic carbocycles. The summed E-state index contributed by atoms with van der Waals surface area (Å²) in [7, 11) is 0. The van der Waals surface area contributed by atoms with E-state index >= 15 is 0 Å². The van der Waals surface area contributed by atoms with Gasteiger partial charge in [0.15, 0.2) is 6.61 Å². The Bertz CT molecular complexity index is 752. The maximum atomic E-state index is 11.8. The molecule has 0 bridgehead atoms. The molecule has 0 aliphatic heterocycles. The quantitative estimate of drug-likeness (QED) is 0.614. The summed E-state index contributed by atoms with van der Waals surface area (Å²) in [6.07, 6.45) is 3.05. The SMILES string of the molecule is Cc1ccc(C(C)C)c(OCC(=O)NNC(=O)C=Cc2cccs2)c1. The molecule has 0 aliphatic rings. The zero-order valence-electron chi connectivity index (χ0n) is 14.5. The van der Waals surface area contributed by atoms with Crippen LogP contribution in [0.2, 0.25) is 0 Å². The van der Waals surface area contributed by atoms with E-state index in [1.54, 1.807) is 6.08 Å². The van der Waals surface area contributed by atoms with Gasteiger partial charge in [-0.3, -0.25) is 20.4 Å². The van der Waals surface area contributed by atoms with Crippen LogP contribution in [0.5, 0.6) is 5.75 Å². The van der Waals surface area contributed by atoms with Gasteiger partial charge in [-0.05, 0) is 47.6 Å². The van der Waals surface area contributed by atoms with Crippen molar-refractivity contribution in [2.24, 2.45) is 0 Å². The number of aryl methyl sites for hydroxylation is 1. The lowest BCUT2D eigenvalue weighted by Gasteiger charge is -2.14. The second kappa shape index (κ2) is 9.03. The first-order valence-electron chi connectivity index (χ1n) is 7.99. The Kier molecular flexibility index (Phi) is 6.77. The number of carbonyl (C=O) groups is 2. The van der Waals surface area contributed by atoms with Crippen molar-refractivity contribution in [1.29, 1.82) is 0 Å². The number of amides is 2. The molecule has 0 saturated carbocycles. The monoisotopic (exact) mass is 358 g/mol. The van der Waals surface area contributed by atoms with Crippen LogP contribution in [0.3, 0.4) is 0 Å². The lowest BCUT2D eigenvalue weighted by molar-refractivity contribution is -0.128. The van der Waals surface area contributed by atoms with Crippen LogP contribution < -0.4 is 15.6 Å². The lowest BCUT2D eigenvalue weighted by Crippen LogP contribution is -2.43. The number of hydrogen-bond donors (Lipinski definition) is 2. The van der Waals surface area contributed by atoms with Crippen molar-refractivity contribution in [2.75, 3.05) is 6.61 Å². The van der Waals surface area contributed by atoms with Crippen LogP contribution in [0, 0.1) is 6.92 Å².